The summed E-state index contributed by atoms with van der Waals surface area (Å²) in [6.45, 7) is 7.96. The van der Waals surface area contributed by atoms with E-state index < -0.39 is 15.9 Å². The van der Waals surface area contributed by atoms with Crippen molar-refractivity contribution in [2.75, 3.05) is 24.5 Å². The van der Waals surface area contributed by atoms with Crippen molar-refractivity contribution >= 4 is 43.2 Å². The number of aryl methyl sites for hydroxylation is 1. The van der Waals surface area contributed by atoms with Crippen LogP contribution in [0.1, 0.15) is 29.8 Å². The molecule has 1 aromatic heterocycles. The molecule has 194 valence electrons. The molecule has 0 aliphatic heterocycles. The van der Waals surface area contributed by atoms with Crippen LogP contribution in [0.5, 0.6) is 5.75 Å². The lowest BCUT2D eigenvalue weighted by Crippen LogP contribution is -2.19. The van der Waals surface area contributed by atoms with E-state index >= 15 is 0 Å². The Morgan fingerprint density at radius 2 is 1.73 bits per heavy atom. The number of fused-ring (bicyclic) bond motifs is 1. The number of hydrogen-bond acceptors (Lipinski definition) is 6. The number of carbonyl (C=O) groups is 1. The van der Waals surface area contributed by atoms with Crippen molar-refractivity contribution in [1.29, 1.82) is 0 Å². The van der Waals surface area contributed by atoms with Gasteiger partial charge in [0.2, 0.25) is 0 Å². The van der Waals surface area contributed by atoms with Crippen LogP contribution in [0.3, 0.4) is 0 Å². The van der Waals surface area contributed by atoms with Gasteiger partial charge < -0.3 is 14.0 Å². The van der Waals surface area contributed by atoms with Crippen LogP contribution in [0.2, 0.25) is 0 Å². The van der Waals surface area contributed by atoms with Crippen molar-refractivity contribution in [2.45, 2.75) is 32.2 Å². The first-order valence-corrected chi connectivity index (χ1v) is 14.2. The first-order chi connectivity index (χ1) is 17.8. The average molecular weight is 540 g/mol. The summed E-state index contributed by atoms with van der Waals surface area (Å²) in [5, 5.41) is 0. The van der Waals surface area contributed by atoms with E-state index in [-0.39, 0.29) is 4.90 Å². The van der Waals surface area contributed by atoms with Gasteiger partial charge in [-0.1, -0.05) is 29.0 Å². The van der Waals surface area contributed by atoms with E-state index in [1.165, 1.54) is 11.3 Å². The van der Waals surface area contributed by atoms with E-state index in [4.69, 9.17) is 9.47 Å². The zero-order chi connectivity index (χ0) is 26.4. The van der Waals surface area contributed by atoms with E-state index in [1.807, 2.05) is 43.5 Å². The van der Waals surface area contributed by atoms with Crippen LogP contribution in [-0.4, -0.2) is 38.7 Å². The number of nitrogens with one attached hydrogen (secondary N) is 1. The van der Waals surface area contributed by atoms with Crippen molar-refractivity contribution in [3.8, 4) is 5.75 Å². The van der Waals surface area contributed by atoms with Crippen LogP contribution < -0.4 is 14.3 Å². The number of hydrogen-bond donors (Lipinski definition) is 1. The Balaban J connectivity index is 1.59. The minimum atomic E-state index is -3.73. The number of aromatic nitrogens is 1. The SMILES string of the molecule is CCOCCn1c(=NC(=O)c2ccc(NS(=O)(=O)c3ccc(C)cc3)cc2)sc2cc(OCC)ccc21. The number of thiazole rings is 1. The molecule has 1 amide bonds. The highest BCUT2D eigenvalue weighted by Gasteiger charge is 2.15. The predicted octanol–water partition coefficient (Wildman–Crippen LogP) is 4.99. The third-order valence-electron chi connectivity index (χ3n) is 5.54. The Morgan fingerprint density at radius 3 is 2.41 bits per heavy atom. The third-order valence-corrected chi connectivity index (χ3v) is 7.98. The molecule has 1 N–H and O–H groups in total. The van der Waals surface area contributed by atoms with Gasteiger partial charge in [0.25, 0.3) is 15.9 Å². The molecule has 0 aliphatic rings. The quantitative estimate of drug-likeness (QED) is 0.286. The molecule has 0 radical (unpaired) electrons. The number of amides is 1. The van der Waals surface area contributed by atoms with Gasteiger partial charge in [-0.05, 0) is 75.4 Å². The van der Waals surface area contributed by atoms with Gasteiger partial charge in [0, 0.05) is 24.4 Å². The summed E-state index contributed by atoms with van der Waals surface area (Å²) in [6, 6.07) is 18.6. The minimum Gasteiger partial charge on any atom is -0.494 e. The lowest BCUT2D eigenvalue weighted by molar-refractivity contribution is 0.0996. The zero-order valence-electron chi connectivity index (χ0n) is 20.9. The Hall–Kier alpha value is -3.47. The maximum absolute atomic E-state index is 13.0. The molecule has 0 atom stereocenters. The Labute approximate surface area is 220 Å². The number of sulfonamides is 1. The van der Waals surface area contributed by atoms with Crippen LogP contribution in [0.15, 0.2) is 76.6 Å². The van der Waals surface area contributed by atoms with Gasteiger partial charge >= 0.3 is 0 Å². The van der Waals surface area contributed by atoms with Crippen molar-refractivity contribution in [3.05, 3.63) is 82.7 Å². The van der Waals surface area contributed by atoms with E-state index in [0.717, 1.165) is 21.5 Å². The lowest BCUT2D eigenvalue weighted by Gasteiger charge is -2.09. The van der Waals surface area contributed by atoms with E-state index in [2.05, 4.69) is 9.71 Å². The summed E-state index contributed by atoms with van der Waals surface area (Å²) in [6.07, 6.45) is 0. The maximum atomic E-state index is 13.0. The van der Waals surface area contributed by atoms with Crippen LogP contribution >= 0.6 is 11.3 Å². The Morgan fingerprint density at radius 1 is 1.00 bits per heavy atom. The van der Waals surface area contributed by atoms with Crippen molar-refractivity contribution in [2.24, 2.45) is 4.99 Å². The van der Waals surface area contributed by atoms with Gasteiger partial charge in [-0.2, -0.15) is 4.99 Å². The summed E-state index contributed by atoms with van der Waals surface area (Å²) < 4.78 is 41.9. The monoisotopic (exact) mass is 539 g/mol. The number of anilines is 1. The summed E-state index contributed by atoms with van der Waals surface area (Å²) in [7, 11) is -3.73. The van der Waals surface area contributed by atoms with E-state index in [9.17, 15) is 13.2 Å². The fraction of sp³-hybridized carbons (Fsp3) is 0.259. The molecule has 0 spiro atoms. The first kappa shape index (κ1) is 26.6. The summed E-state index contributed by atoms with van der Waals surface area (Å²) in [4.78, 5) is 18.1. The number of nitrogens with zero attached hydrogens (tertiary/aromatic N) is 2. The molecule has 0 bridgehead atoms. The second-order valence-corrected chi connectivity index (χ2v) is 10.9. The molecule has 0 saturated heterocycles. The van der Waals surface area contributed by atoms with Gasteiger partial charge in [-0.25, -0.2) is 8.42 Å². The molecule has 3 aromatic carbocycles. The predicted molar refractivity (Wildman–Crippen MR) is 146 cm³/mol. The highest BCUT2D eigenvalue weighted by Crippen LogP contribution is 2.24. The van der Waals surface area contributed by atoms with Gasteiger partial charge in [0.1, 0.15) is 5.75 Å². The highest BCUT2D eigenvalue weighted by molar-refractivity contribution is 7.92. The second kappa shape index (κ2) is 11.7. The molecule has 0 fully saturated rings. The Kier molecular flexibility index (Phi) is 8.42. The topological polar surface area (TPSA) is 99.0 Å². The van der Waals surface area contributed by atoms with Crippen LogP contribution in [-0.2, 0) is 21.3 Å². The molecule has 4 rings (SSSR count). The van der Waals surface area contributed by atoms with Crippen LogP contribution in [0, 0.1) is 6.92 Å². The average Bonchev–Trinajstić information content (AvgIpc) is 3.21. The number of carbonyl (C=O) groups excluding carboxylic acids is 1. The normalized spacial score (nSPS) is 12.1. The van der Waals surface area contributed by atoms with E-state index in [0.29, 0.717) is 42.4 Å². The molecule has 37 heavy (non-hydrogen) atoms. The largest absolute Gasteiger partial charge is 0.494 e. The number of benzene rings is 3. The van der Waals surface area contributed by atoms with Gasteiger partial charge in [0.15, 0.2) is 4.80 Å². The number of rotatable bonds is 10. The van der Waals surface area contributed by atoms with Gasteiger partial charge in [0.05, 0.1) is 28.3 Å². The summed E-state index contributed by atoms with van der Waals surface area (Å²) in [5.41, 5.74) is 2.62. The molecule has 1 heterocycles. The fourth-order valence-electron chi connectivity index (χ4n) is 3.68. The molecule has 0 aliphatic carbocycles. The standard InChI is InChI=1S/C27H29N3O5S2/c1-4-34-17-16-30-24-15-12-22(35-5-2)18-25(24)36-27(30)28-26(31)20-8-10-21(11-9-20)29-37(32,33)23-13-6-19(3)7-14-23/h6-15,18,29H,4-5,16-17H2,1-3H3. The van der Waals surface area contributed by atoms with Crippen molar-refractivity contribution in [3.63, 3.8) is 0 Å². The molecule has 10 heteroatoms. The summed E-state index contributed by atoms with van der Waals surface area (Å²) in [5.74, 6) is 0.337. The lowest BCUT2D eigenvalue weighted by atomic mass is 10.2. The summed E-state index contributed by atoms with van der Waals surface area (Å²) >= 11 is 1.40. The smallest absolute Gasteiger partial charge is 0.279 e. The molecule has 4 aromatic rings. The van der Waals surface area contributed by atoms with Crippen molar-refractivity contribution < 1.29 is 22.7 Å². The fourth-order valence-corrected chi connectivity index (χ4v) is 5.82. The molecular weight excluding hydrogens is 510 g/mol. The molecule has 0 unspecified atom stereocenters. The number of ether oxygens (including phenoxy) is 2. The van der Waals surface area contributed by atoms with Gasteiger partial charge in [-0.15, -0.1) is 0 Å². The highest BCUT2D eigenvalue weighted by atomic mass is 32.2. The van der Waals surface area contributed by atoms with Crippen molar-refractivity contribution in [1.82, 2.24) is 4.57 Å². The van der Waals surface area contributed by atoms with Crippen LogP contribution in [0.25, 0.3) is 10.2 Å². The first-order valence-electron chi connectivity index (χ1n) is 11.9. The second-order valence-electron chi connectivity index (χ2n) is 8.21. The molecule has 8 nitrogen and oxygen atoms in total. The molecular formula is C27H29N3O5S2. The molecule has 0 saturated carbocycles. The maximum Gasteiger partial charge on any atom is 0.279 e. The third kappa shape index (κ3) is 6.46. The van der Waals surface area contributed by atoms with Crippen LogP contribution in [0.4, 0.5) is 5.69 Å². The minimum absolute atomic E-state index is 0.169. The Bertz CT molecular complexity index is 1550. The zero-order valence-corrected chi connectivity index (χ0v) is 22.6. The van der Waals surface area contributed by atoms with E-state index in [1.54, 1.807) is 48.5 Å². The van der Waals surface area contributed by atoms with Gasteiger partial charge in [-0.3, -0.25) is 9.52 Å².